The Bertz CT molecular complexity index is 1010. The van der Waals surface area contributed by atoms with Crippen LogP contribution in [0.25, 0.3) is 22.3 Å². The van der Waals surface area contributed by atoms with Gasteiger partial charge in [-0.25, -0.2) is 0 Å². The highest BCUT2D eigenvalue weighted by Crippen LogP contribution is 2.33. The molecule has 1 N–H and O–H groups in total. The fourth-order valence-electron chi connectivity index (χ4n) is 2.77. The molecule has 2 aromatic carbocycles. The van der Waals surface area contributed by atoms with Gasteiger partial charge in [-0.05, 0) is 43.3 Å². The van der Waals surface area contributed by atoms with Crippen LogP contribution >= 0.6 is 0 Å². The average Bonchev–Trinajstić information content (AvgIpc) is 2.70. The van der Waals surface area contributed by atoms with E-state index >= 15 is 0 Å². The predicted octanol–water partition coefficient (Wildman–Crippen LogP) is 3.41. The van der Waals surface area contributed by atoms with Crippen LogP contribution in [0.4, 0.5) is 0 Å². The lowest BCUT2D eigenvalue weighted by molar-refractivity contribution is 0.203. The molecule has 0 aliphatic rings. The molecular formula is C21H23NO5. The molecule has 0 aliphatic heterocycles. The number of fused-ring (bicyclic) bond motifs is 1. The Kier molecular flexibility index (Phi) is 5.66. The maximum atomic E-state index is 9.63. The largest absolute Gasteiger partial charge is 0.497 e. The van der Waals surface area contributed by atoms with E-state index in [-0.39, 0.29) is 0 Å². The fraction of sp³-hybridized carbons (Fsp3) is 0.286. The van der Waals surface area contributed by atoms with Gasteiger partial charge in [-0.2, -0.15) is 0 Å². The topological polar surface area (TPSA) is 73.4 Å². The number of nitrogens with zero attached hydrogens (tertiary/aromatic N) is 1. The molecule has 0 spiro atoms. The van der Waals surface area contributed by atoms with E-state index in [1.807, 2.05) is 42.5 Å². The van der Waals surface area contributed by atoms with Crippen LogP contribution in [0.5, 0.6) is 17.2 Å². The number of aliphatic hydroxyl groups is 1. The molecule has 3 rings (SSSR count). The van der Waals surface area contributed by atoms with Crippen molar-refractivity contribution >= 4 is 11.0 Å². The summed E-state index contributed by atoms with van der Waals surface area (Å²) >= 11 is 0. The summed E-state index contributed by atoms with van der Waals surface area (Å²) in [7, 11) is 4.80. The van der Waals surface area contributed by atoms with Gasteiger partial charge in [0.15, 0.2) is 11.5 Å². The molecule has 0 fully saturated rings. The average molecular weight is 369 g/mol. The first-order valence-corrected chi connectivity index (χ1v) is 8.58. The smallest absolute Gasteiger partial charge is 0.161 e. The van der Waals surface area contributed by atoms with E-state index in [1.54, 1.807) is 28.3 Å². The van der Waals surface area contributed by atoms with Gasteiger partial charge in [0.25, 0.3) is 0 Å². The van der Waals surface area contributed by atoms with Crippen molar-refractivity contribution in [3.8, 4) is 28.6 Å². The summed E-state index contributed by atoms with van der Waals surface area (Å²) in [6.07, 6.45) is -0.535. The van der Waals surface area contributed by atoms with Crippen molar-refractivity contribution in [3.05, 3.63) is 47.8 Å². The number of hydrogen-bond donors (Lipinski definition) is 1. The van der Waals surface area contributed by atoms with Crippen molar-refractivity contribution in [2.24, 2.45) is 4.99 Å². The van der Waals surface area contributed by atoms with Crippen molar-refractivity contribution in [1.82, 2.24) is 0 Å². The third-order valence-corrected chi connectivity index (χ3v) is 4.14. The van der Waals surface area contributed by atoms with Crippen LogP contribution in [0.15, 0.2) is 51.9 Å². The molecule has 0 saturated carbocycles. The lowest BCUT2D eigenvalue weighted by Crippen LogP contribution is -2.11. The zero-order chi connectivity index (χ0) is 19.4. The minimum Gasteiger partial charge on any atom is -0.497 e. The standard InChI is InChI=1S/C21H23NO5/c1-13(23)12-22-17-11-20(14-5-7-19(25-3)21(9-14)26-4)27-18-8-6-15(24-2)10-16(17)18/h5-11,13,23H,12H2,1-4H3/t13-/m0/s1. The van der Waals surface area contributed by atoms with Crippen LogP contribution in [0, 0.1) is 0 Å². The molecular weight excluding hydrogens is 346 g/mol. The first-order valence-electron chi connectivity index (χ1n) is 8.58. The monoisotopic (exact) mass is 369 g/mol. The Hall–Kier alpha value is -2.99. The van der Waals surface area contributed by atoms with Crippen LogP contribution < -0.4 is 19.6 Å². The van der Waals surface area contributed by atoms with E-state index in [0.717, 1.165) is 16.3 Å². The highest BCUT2D eigenvalue weighted by Gasteiger charge is 2.11. The first kappa shape index (κ1) is 18.8. The van der Waals surface area contributed by atoms with Gasteiger partial charge < -0.3 is 23.7 Å². The van der Waals surface area contributed by atoms with Crippen molar-refractivity contribution < 1.29 is 23.7 Å². The summed E-state index contributed by atoms with van der Waals surface area (Å²) in [5.74, 6) is 2.61. The van der Waals surface area contributed by atoms with E-state index in [9.17, 15) is 5.11 Å². The van der Waals surface area contributed by atoms with Crippen LogP contribution in [-0.4, -0.2) is 39.1 Å². The number of hydrogen-bond acceptors (Lipinski definition) is 6. The predicted molar refractivity (Wildman–Crippen MR) is 103 cm³/mol. The Labute approximate surface area is 157 Å². The Balaban J connectivity index is 2.21. The minimum atomic E-state index is -0.535. The summed E-state index contributed by atoms with van der Waals surface area (Å²) in [6.45, 7) is 2.00. The lowest BCUT2D eigenvalue weighted by Gasteiger charge is -2.10. The van der Waals surface area contributed by atoms with Crippen LogP contribution in [0.3, 0.4) is 0 Å². The maximum absolute atomic E-state index is 9.63. The second kappa shape index (κ2) is 8.14. The third-order valence-electron chi connectivity index (χ3n) is 4.14. The summed E-state index contributed by atoms with van der Waals surface area (Å²) in [4.78, 5) is 4.55. The van der Waals surface area contributed by atoms with Gasteiger partial charge in [-0.3, -0.25) is 4.99 Å². The van der Waals surface area contributed by atoms with E-state index < -0.39 is 6.10 Å². The molecule has 0 unspecified atom stereocenters. The van der Waals surface area contributed by atoms with Crippen molar-refractivity contribution in [2.45, 2.75) is 13.0 Å². The number of ether oxygens (including phenoxy) is 3. The second-order valence-electron chi connectivity index (χ2n) is 6.12. The maximum Gasteiger partial charge on any atom is 0.161 e. The number of rotatable bonds is 6. The normalized spacial score (nSPS) is 12.9. The molecule has 1 heterocycles. The lowest BCUT2D eigenvalue weighted by atomic mass is 10.1. The molecule has 27 heavy (non-hydrogen) atoms. The highest BCUT2D eigenvalue weighted by atomic mass is 16.5. The van der Waals surface area contributed by atoms with Crippen molar-refractivity contribution in [3.63, 3.8) is 0 Å². The van der Waals surface area contributed by atoms with Crippen molar-refractivity contribution in [1.29, 1.82) is 0 Å². The van der Waals surface area contributed by atoms with E-state index in [2.05, 4.69) is 4.99 Å². The molecule has 6 heteroatoms. The van der Waals surface area contributed by atoms with Gasteiger partial charge >= 0.3 is 0 Å². The summed E-state index contributed by atoms with van der Waals surface area (Å²) in [5.41, 5.74) is 1.51. The van der Waals surface area contributed by atoms with Gasteiger partial charge in [-0.15, -0.1) is 0 Å². The number of methoxy groups -OCH3 is 3. The summed E-state index contributed by atoms with van der Waals surface area (Å²) < 4.78 is 22.1. The zero-order valence-corrected chi connectivity index (χ0v) is 15.9. The van der Waals surface area contributed by atoms with Gasteiger partial charge in [0.05, 0.1) is 39.3 Å². The summed E-state index contributed by atoms with van der Waals surface area (Å²) in [6, 6.07) is 13.0. The van der Waals surface area contributed by atoms with Crippen LogP contribution in [0.2, 0.25) is 0 Å². The van der Waals surface area contributed by atoms with Crippen LogP contribution in [-0.2, 0) is 0 Å². The second-order valence-corrected chi connectivity index (χ2v) is 6.12. The third kappa shape index (κ3) is 4.06. The fourth-order valence-corrected chi connectivity index (χ4v) is 2.77. The van der Waals surface area contributed by atoms with E-state index in [0.29, 0.717) is 35.1 Å². The molecule has 0 amide bonds. The Morgan fingerprint density at radius 2 is 1.74 bits per heavy atom. The molecule has 1 aromatic heterocycles. The van der Waals surface area contributed by atoms with E-state index in [1.165, 1.54) is 0 Å². The minimum absolute atomic E-state index is 0.293. The van der Waals surface area contributed by atoms with Gasteiger partial charge in [0.2, 0.25) is 0 Å². The Morgan fingerprint density at radius 3 is 2.41 bits per heavy atom. The Morgan fingerprint density at radius 1 is 0.963 bits per heavy atom. The van der Waals surface area contributed by atoms with E-state index in [4.69, 9.17) is 18.6 Å². The highest BCUT2D eigenvalue weighted by molar-refractivity contribution is 5.80. The molecule has 0 radical (unpaired) electrons. The number of benzene rings is 2. The molecule has 0 saturated heterocycles. The SMILES string of the molecule is COc1ccc2oc(-c3ccc(OC)c(OC)c3)cc(=NC[C@H](C)O)c2c1. The molecule has 0 bridgehead atoms. The molecule has 142 valence electrons. The molecule has 1 atom stereocenters. The first-order chi connectivity index (χ1) is 13.0. The van der Waals surface area contributed by atoms with Gasteiger partial charge in [-0.1, -0.05) is 0 Å². The number of aliphatic hydroxyl groups excluding tert-OH is 1. The van der Waals surface area contributed by atoms with Gasteiger partial charge in [0.1, 0.15) is 17.1 Å². The zero-order valence-electron chi connectivity index (χ0n) is 15.9. The van der Waals surface area contributed by atoms with Gasteiger partial charge in [0, 0.05) is 17.0 Å². The molecule has 3 aromatic rings. The van der Waals surface area contributed by atoms with Crippen molar-refractivity contribution in [2.75, 3.05) is 27.9 Å². The van der Waals surface area contributed by atoms with Crippen LogP contribution in [0.1, 0.15) is 6.92 Å². The quantitative estimate of drug-likeness (QED) is 0.721. The molecule has 0 aliphatic carbocycles. The summed E-state index contributed by atoms with van der Waals surface area (Å²) in [5, 5.41) is 11.2. The molecule has 6 nitrogen and oxygen atoms in total.